The number of carbonyl (C=O) groups is 2. The molecule has 0 saturated heterocycles. The maximum atomic E-state index is 12.3. The number of carboxylic acid groups (broad SMARTS) is 1. The predicted molar refractivity (Wildman–Crippen MR) is 59.5 cm³/mol. The number of aliphatic hydroxyl groups excluding tert-OH is 1. The van der Waals surface area contributed by atoms with Crippen LogP contribution in [0.1, 0.15) is 13.8 Å². The number of likely N-dealkylation sites (N-methyl/N-ethyl adjacent to an activating group) is 1. The highest BCUT2D eigenvalue weighted by Gasteiger charge is 2.37. The van der Waals surface area contributed by atoms with Crippen molar-refractivity contribution in [2.24, 2.45) is 0 Å². The Bertz CT molecular complexity index is 310. The normalized spacial score (nSPS) is 11.5. The zero-order chi connectivity index (χ0) is 14.5. The van der Waals surface area contributed by atoms with Gasteiger partial charge in [-0.2, -0.15) is 0 Å². The molecular weight excluding hydrogens is 250 g/mol. The van der Waals surface area contributed by atoms with Crippen LogP contribution in [0.25, 0.3) is 0 Å². The van der Waals surface area contributed by atoms with Gasteiger partial charge in [-0.3, -0.25) is 0 Å². The first-order chi connectivity index (χ1) is 8.14. The molecule has 2 amide bonds. The average Bonchev–Trinajstić information content (AvgIpc) is 2.25. The second-order valence-electron chi connectivity index (χ2n) is 4.27. The lowest BCUT2D eigenvalue weighted by molar-refractivity contribution is -0.147. The van der Waals surface area contributed by atoms with Crippen molar-refractivity contribution in [3.63, 3.8) is 0 Å². The number of alkyl halides is 2. The molecule has 0 saturated carbocycles. The minimum absolute atomic E-state index is 0.275. The number of rotatable bonds is 6. The Morgan fingerprint density at radius 1 is 1.33 bits per heavy atom. The molecule has 0 aromatic heterocycles. The van der Waals surface area contributed by atoms with Gasteiger partial charge in [-0.15, -0.1) is 0 Å². The molecule has 0 bridgehead atoms. The first kappa shape index (κ1) is 16.6. The van der Waals surface area contributed by atoms with Gasteiger partial charge >= 0.3 is 12.0 Å². The summed E-state index contributed by atoms with van der Waals surface area (Å²) in [5.41, 5.74) is -1.52. The molecule has 0 spiro atoms. The summed E-state index contributed by atoms with van der Waals surface area (Å²) in [5.74, 6) is -1.25. The molecule has 18 heavy (non-hydrogen) atoms. The third-order valence-electron chi connectivity index (χ3n) is 2.65. The lowest BCUT2D eigenvalue weighted by Gasteiger charge is -2.35. The van der Waals surface area contributed by atoms with Gasteiger partial charge in [-0.05, 0) is 13.8 Å². The van der Waals surface area contributed by atoms with Crippen molar-refractivity contribution in [3.05, 3.63) is 0 Å². The number of hydrogen-bond acceptors (Lipinski definition) is 3. The van der Waals surface area contributed by atoms with E-state index < -0.39 is 37.1 Å². The highest BCUT2D eigenvalue weighted by Crippen LogP contribution is 2.15. The molecule has 6 nitrogen and oxygen atoms in total. The molecule has 0 aromatic carbocycles. The zero-order valence-corrected chi connectivity index (χ0v) is 10.6. The number of amides is 2. The summed E-state index contributed by atoms with van der Waals surface area (Å²) in [5, 5.41) is 17.7. The fourth-order valence-electron chi connectivity index (χ4n) is 1.15. The van der Waals surface area contributed by atoms with Crippen LogP contribution in [-0.4, -0.2) is 70.7 Å². The standard InChI is InChI=1S/C10H18F2N2O4/c1-10(2,8(16)17)13(3)9(18)14(4-5-15)6-7(11)12/h7,15H,4-6H2,1-3H3,(H,16,17). The van der Waals surface area contributed by atoms with Crippen molar-refractivity contribution in [3.8, 4) is 0 Å². The summed E-state index contributed by atoms with van der Waals surface area (Å²) in [7, 11) is 1.21. The first-order valence-corrected chi connectivity index (χ1v) is 5.29. The number of carbonyl (C=O) groups excluding carboxylic acids is 1. The Hall–Kier alpha value is -1.44. The van der Waals surface area contributed by atoms with Crippen LogP contribution >= 0.6 is 0 Å². The topological polar surface area (TPSA) is 81.1 Å². The molecule has 0 aliphatic heterocycles. The van der Waals surface area contributed by atoms with Gasteiger partial charge < -0.3 is 20.0 Å². The van der Waals surface area contributed by atoms with E-state index in [9.17, 15) is 18.4 Å². The summed E-state index contributed by atoms with van der Waals surface area (Å²) >= 11 is 0. The number of urea groups is 1. The number of carboxylic acids is 1. The molecule has 0 unspecified atom stereocenters. The monoisotopic (exact) mass is 268 g/mol. The summed E-state index contributed by atoms with van der Waals surface area (Å²) in [6.45, 7) is 0.974. The third-order valence-corrected chi connectivity index (χ3v) is 2.65. The van der Waals surface area contributed by atoms with E-state index in [1.807, 2.05) is 0 Å². The van der Waals surface area contributed by atoms with Crippen LogP contribution in [0.5, 0.6) is 0 Å². The second-order valence-corrected chi connectivity index (χ2v) is 4.27. The summed E-state index contributed by atoms with van der Waals surface area (Å²) < 4.78 is 24.6. The Morgan fingerprint density at radius 2 is 1.83 bits per heavy atom. The average molecular weight is 268 g/mol. The first-order valence-electron chi connectivity index (χ1n) is 5.29. The van der Waals surface area contributed by atoms with E-state index in [-0.39, 0.29) is 6.54 Å². The van der Waals surface area contributed by atoms with Crippen LogP contribution in [0.4, 0.5) is 13.6 Å². The molecule has 0 atom stereocenters. The lowest BCUT2D eigenvalue weighted by Crippen LogP contribution is -2.56. The fourth-order valence-corrected chi connectivity index (χ4v) is 1.15. The quantitative estimate of drug-likeness (QED) is 0.733. The fraction of sp³-hybridized carbons (Fsp3) is 0.800. The summed E-state index contributed by atoms with van der Waals surface area (Å²) in [6.07, 6.45) is -2.75. The van der Waals surface area contributed by atoms with Crippen LogP contribution < -0.4 is 0 Å². The van der Waals surface area contributed by atoms with Gasteiger partial charge in [-0.1, -0.05) is 0 Å². The van der Waals surface area contributed by atoms with E-state index in [2.05, 4.69) is 0 Å². The van der Waals surface area contributed by atoms with E-state index in [4.69, 9.17) is 10.2 Å². The van der Waals surface area contributed by atoms with Gasteiger partial charge in [0, 0.05) is 13.6 Å². The van der Waals surface area contributed by atoms with E-state index >= 15 is 0 Å². The Balaban J connectivity index is 4.91. The van der Waals surface area contributed by atoms with E-state index in [0.29, 0.717) is 0 Å². The van der Waals surface area contributed by atoms with Gasteiger partial charge in [-0.25, -0.2) is 18.4 Å². The molecule has 0 fully saturated rings. The van der Waals surface area contributed by atoms with Crippen molar-refractivity contribution >= 4 is 12.0 Å². The lowest BCUT2D eigenvalue weighted by atomic mass is 10.0. The van der Waals surface area contributed by atoms with E-state index in [0.717, 1.165) is 9.80 Å². The molecular formula is C10H18F2N2O4. The Morgan fingerprint density at radius 3 is 2.17 bits per heavy atom. The summed E-state index contributed by atoms with van der Waals surface area (Å²) in [6, 6.07) is -0.864. The van der Waals surface area contributed by atoms with Crippen LogP contribution in [0.3, 0.4) is 0 Å². The highest BCUT2D eigenvalue weighted by molar-refractivity contribution is 5.85. The number of aliphatic hydroxyl groups is 1. The van der Waals surface area contributed by atoms with Crippen molar-refractivity contribution in [1.29, 1.82) is 0 Å². The molecule has 0 aliphatic rings. The van der Waals surface area contributed by atoms with Gasteiger partial charge in [0.05, 0.1) is 13.2 Å². The number of aliphatic carboxylic acids is 1. The largest absolute Gasteiger partial charge is 0.480 e. The minimum atomic E-state index is -2.75. The smallest absolute Gasteiger partial charge is 0.329 e. The molecule has 2 N–H and O–H groups in total. The van der Waals surface area contributed by atoms with E-state index in [1.165, 1.54) is 20.9 Å². The maximum Gasteiger partial charge on any atom is 0.329 e. The van der Waals surface area contributed by atoms with E-state index in [1.54, 1.807) is 0 Å². The predicted octanol–water partition coefficient (Wildman–Crippen LogP) is 0.461. The van der Waals surface area contributed by atoms with Gasteiger partial charge in [0.1, 0.15) is 5.54 Å². The Labute approximate surface area is 104 Å². The summed E-state index contributed by atoms with van der Waals surface area (Å²) in [4.78, 5) is 24.4. The number of nitrogens with zero attached hydrogens (tertiary/aromatic N) is 2. The molecule has 106 valence electrons. The number of halogens is 2. The van der Waals surface area contributed by atoms with Crippen molar-refractivity contribution in [1.82, 2.24) is 9.80 Å². The number of hydrogen-bond donors (Lipinski definition) is 2. The zero-order valence-electron chi connectivity index (χ0n) is 10.6. The Kier molecular flexibility index (Phi) is 5.96. The van der Waals surface area contributed by atoms with Gasteiger partial charge in [0.25, 0.3) is 6.43 Å². The van der Waals surface area contributed by atoms with Crippen molar-refractivity contribution in [2.75, 3.05) is 26.7 Å². The molecule has 0 aromatic rings. The highest BCUT2D eigenvalue weighted by atomic mass is 19.3. The van der Waals surface area contributed by atoms with Crippen molar-refractivity contribution < 1.29 is 28.6 Å². The minimum Gasteiger partial charge on any atom is -0.480 e. The van der Waals surface area contributed by atoms with Crippen LogP contribution in [0.15, 0.2) is 0 Å². The molecule has 0 radical (unpaired) electrons. The third kappa shape index (κ3) is 4.10. The van der Waals surface area contributed by atoms with Gasteiger partial charge in [0.2, 0.25) is 0 Å². The van der Waals surface area contributed by atoms with Crippen LogP contribution in [0, 0.1) is 0 Å². The van der Waals surface area contributed by atoms with Gasteiger partial charge in [0.15, 0.2) is 0 Å². The maximum absolute atomic E-state index is 12.3. The molecule has 8 heteroatoms. The molecule has 0 aliphatic carbocycles. The van der Waals surface area contributed by atoms with Crippen molar-refractivity contribution in [2.45, 2.75) is 25.8 Å². The SMILES string of the molecule is CN(C(=O)N(CCO)CC(F)F)C(C)(C)C(=O)O. The van der Waals surface area contributed by atoms with Crippen LogP contribution in [-0.2, 0) is 4.79 Å². The molecule has 0 rings (SSSR count). The second kappa shape index (κ2) is 6.48. The van der Waals surface area contributed by atoms with Crippen LogP contribution in [0.2, 0.25) is 0 Å². The molecule has 0 heterocycles.